The van der Waals surface area contributed by atoms with Crippen LogP contribution in [0.5, 0.6) is 0 Å². The van der Waals surface area contributed by atoms with E-state index < -0.39 is 36.2 Å². The van der Waals surface area contributed by atoms with Gasteiger partial charge in [0, 0.05) is 6.42 Å². The number of ether oxygens (including phenoxy) is 2. The highest BCUT2D eigenvalue weighted by molar-refractivity contribution is 5.85. The second kappa shape index (κ2) is 7.54. The average Bonchev–Trinajstić information content (AvgIpc) is 3.04. The minimum absolute atomic E-state index is 0.0278. The molecule has 0 radical (unpaired) electrons. The summed E-state index contributed by atoms with van der Waals surface area (Å²) in [4.78, 5) is 28.1. The lowest BCUT2D eigenvalue weighted by molar-refractivity contribution is -0.188. The van der Waals surface area contributed by atoms with Crippen LogP contribution in [0.15, 0.2) is 35.3 Å². The zero-order valence-electron chi connectivity index (χ0n) is 13.6. The molecule has 2 rings (SSSR count). The van der Waals surface area contributed by atoms with Gasteiger partial charge in [0.05, 0.1) is 20.6 Å². The normalized spacial score (nSPS) is 21.1. The van der Waals surface area contributed by atoms with Crippen LogP contribution in [0.4, 0.5) is 13.2 Å². The number of hydrogen-bond donors (Lipinski definition) is 0. The van der Waals surface area contributed by atoms with E-state index in [1.165, 1.54) is 0 Å². The van der Waals surface area contributed by atoms with Crippen molar-refractivity contribution in [3.63, 3.8) is 0 Å². The Balaban J connectivity index is 2.36. The molecule has 9 heteroatoms. The zero-order chi connectivity index (χ0) is 18.6. The van der Waals surface area contributed by atoms with Gasteiger partial charge in [0.25, 0.3) is 0 Å². The standard InChI is InChI=1S/C16H17F3N2O4/c1-24-14(22)11(8-10-6-4-3-5-7-10)21-9-20-12(15(23)25-2)13(21)16(17,18)19/h3-7,9,11-13H,8H2,1-2H3/t11-,12-,13-/m0/s1. The maximum absolute atomic E-state index is 13.5. The molecule has 0 unspecified atom stereocenters. The van der Waals surface area contributed by atoms with E-state index in [0.717, 1.165) is 25.5 Å². The van der Waals surface area contributed by atoms with Crippen molar-refractivity contribution in [2.24, 2.45) is 4.99 Å². The highest BCUT2D eigenvalue weighted by atomic mass is 19.4. The Morgan fingerprint density at radius 3 is 2.36 bits per heavy atom. The number of nitrogens with zero attached hydrogens (tertiary/aromatic N) is 2. The van der Waals surface area contributed by atoms with Crippen LogP contribution < -0.4 is 0 Å². The molecule has 1 aliphatic heterocycles. The molecule has 0 fully saturated rings. The van der Waals surface area contributed by atoms with Crippen LogP contribution in [0, 0.1) is 0 Å². The number of esters is 2. The Labute approximate surface area is 142 Å². The van der Waals surface area contributed by atoms with Crippen molar-refractivity contribution in [1.82, 2.24) is 4.90 Å². The smallest absolute Gasteiger partial charge is 0.411 e. The third-order valence-electron chi connectivity index (χ3n) is 3.86. The van der Waals surface area contributed by atoms with Gasteiger partial charge in [0.15, 0.2) is 12.1 Å². The molecule has 0 N–H and O–H groups in total. The predicted octanol–water partition coefficient (Wildman–Crippen LogP) is 1.59. The number of benzene rings is 1. The molecular weight excluding hydrogens is 341 g/mol. The summed E-state index contributed by atoms with van der Waals surface area (Å²) in [6, 6.07) is 3.17. The van der Waals surface area contributed by atoms with Gasteiger partial charge >= 0.3 is 18.1 Å². The van der Waals surface area contributed by atoms with Crippen LogP contribution in [-0.4, -0.2) is 61.7 Å². The molecular formula is C16H17F3N2O4. The Kier molecular flexibility index (Phi) is 5.66. The summed E-state index contributed by atoms with van der Waals surface area (Å²) in [5.41, 5.74) is 0.647. The van der Waals surface area contributed by atoms with Crippen molar-refractivity contribution in [2.75, 3.05) is 14.2 Å². The fourth-order valence-corrected chi connectivity index (χ4v) is 2.68. The number of carbonyl (C=O) groups is 2. The summed E-state index contributed by atoms with van der Waals surface area (Å²) in [5.74, 6) is -1.97. The zero-order valence-corrected chi connectivity index (χ0v) is 13.6. The minimum Gasteiger partial charge on any atom is -0.467 e. The van der Waals surface area contributed by atoms with Gasteiger partial charge in [-0.1, -0.05) is 30.3 Å². The lowest BCUT2D eigenvalue weighted by Gasteiger charge is -2.33. The van der Waals surface area contributed by atoms with Gasteiger partial charge in [-0.2, -0.15) is 13.2 Å². The van der Waals surface area contributed by atoms with Crippen LogP contribution in [0.3, 0.4) is 0 Å². The Morgan fingerprint density at radius 2 is 1.84 bits per heavy atom. The van der Waals surface area contributed by atoms with Crippen molar-refractivity contribution >= 4 is 18.3 Å². The number of hydrogen-bond acceptors (Lipinski definition) is 6. The van der Waals surface area contributed by atoms with E-state index in [9.17, 15) is 22.8 Å². The van der Waals surface area contributed by atoms with Crippen LogP contribution >= 0.6 is 0 Å². The number of methoxy groups -OCH3 is 2. The maximum atomic E-state index is 13.5. The van der Waals surface area contributed by atoms with Crippen LogP contribution in [0.25, 0.3) is 0 Å². The molecule has 3 atom stereocenters. The first kappa shape index (κ1) is 18.8. The monoisotopic (exact) mass is 358 g/mol. The quantitative estimate of drug-likeness (QED) is 0.748. The molecule has 1 heterocycles. The van der Waals surface area contributed by atoms with Crippen molar-refractivity contribution in [3.8, 4) is 0 Å². The highest BCUT2D eigenvalue weighted by Crippen LogP contribution is 2.33. The minimum atomic E-state index is -4.79. The van der Waals surface area contributed by atoms with E-state index in [0.29, 0.717) is 5.56 Å². The molecule has 0 aliphatic carbocycles. The molecule has 0 amide bonds. The number of halogens is 3. The van der Waals surface area contributed by atoms with Crippen molar-refractivity contribution in [2.45, 2.75) is 30.7 Å². The molecule has 0 bridgehead atoms. The second-order valence-corrected chi connectivity index (χ2v) is 5.39. The Morgan fingerprint density at radius 1 is 1.20 bits per heavy atom. The second-order valence-electron chi connectivity index (χ2n) is 5.39. The summed E-state index contributed by atoms with van der Waals surface area (Å²) < 4.78 is 49.7. The van der Waals surface area contributed by atoms with Crippen molar-refractivity contribution < 1.29 is 32.2 Å². The fourth-order valence-electron chi connectivity index (χ4n) is 2.68. The molecule has 1 aliphatic rings. The molecule has 0 saturated heterocycles. The van der Waals surface area contributed by atoms with E-state index in [2.05, 4.69) is 14.5 Å². The number of aliphatic imine (C=N–C) groups is 1. The molecule has 25 heavy (non-hydrogen) atoms. The van der Waals surface area contributed by atoms with Gasteiger partial charge < -0.3 is 14.4 Å². The van der Waals surface area contributed by atoms with Gasteiger partial charge in [0.2, 0.25) is 0 Å². The summed E-state index contributed by atoms with van der Waals surface area (Å²) in [6.45, 7) is 0. The summed E-state index contributed by atoms with van der Waals surface area (Å²) in [5, 5.41) is 0. The van der Waals surface area contributed by atoms with Gasteiger partial charge in [-0.3, -0.25) is 4.99 Å². The summed E-state index contributed by atoms with van der Waals surface area (Å²) in [7, 11) is 2.07. The molecule has 1 aromatic rings. The number of rotatable bonds is 5. The molecule has 1 aromatic carbocycles. The third kappa shape index (κ3) is 4.09. The van der Waals surface area contributed by atoms with E-state index in [-0.39, 0.29) is 6.42 Å². The third-order valence-corrected chi connectivity index (χ3v) is 3.86. The van der Waals surface area contributed by atoms with Crippen molar-refractivity contribution in [1.29, 1.82) is 0 Å². The average molecular weight is 358 g/mol. The number of alkyl halides is 3. The van der Waals surface area contributed by atoms with E-state index in [1.807, 2.05) is 0 Å². The first-order valence-corrected chi connectivity index (χ1v) is 7.36. The SMILES string of the molecule is COC(=O)[C@H]1N=CN([C@@H](Cc2ccccc2)C(=O)OC)[C@@H]1C(F)(F)F. The van der Waals surface area contributed by atoms with Gasteiger partial charge in [-0.25, -0.2) is 9.59 Å². The van der Waals surface area contributed by atoms with E-state index in [4.69, 9.17) is 0 Å². The molecule has 136 valence electrons. The van der Waals surface area contributed by atoms with Crippen LogP contribution in [-0.2, 0) is 25.5 Å². The lowest BCUT2D eigenvalue weighted by Crippen LogP contribution is -2.56. The highest BCUT2D eigenvalue weighted by Gasteiger charge is 2.56. The maximum Gasteiger partial charge on any atom is 0.411 e. The van der Waals surface area contributed by atoms with Crippen molar-refractivity contribution in [3.05, 3.63) is 35.9 Å². The fraction of sp³-hybridized carbons (Fsp3) is 0.438. The Hall–Kier alpha value is -2.58. The molecule has 0 aromatic heterocycles. The molecule has 6 nitrogen and oxygen atoms in total. The summed E-state index contributed by atoms with van der Waals surface area (Å²) in [6.07, 6.45) is -3.96. The molecule has 0 saturated carbocycles. The topological polar surface area (TPSA) is 68.2 Å². The van der Waals surface area contributed by atoms with Gasteiger partial charge in [-0.15, -0.1) is 0 Å². The molecule has 0 spiro atoms. The summed E-state index contributed by atoms with van der Waals surface area (Å²) >= 11 is 0. The van der Waals surface area contributed by atoms with Crippen LogP contribution in [0.1, 0.15) is 5.56 Å². The first-order valence-electron chi connectivity index (χ1n) is 7.36. The lowest BCUT2D eigenvalue weighted by atomic mass is 10.0. The van der Waals surface area contributed by atoms with E-state index in [1.54, 1.807) is 30.3 Å². The largest absolute Gasteiger partial charge is 0.467 e. The van der Waals surface area contributed by atoms with Gasteiger partial charge in [-0.05, 0) is 5.56 Å². The number of carbonyl (C=O) groups excluding carboxylic acids is 2. The van der Waals surface area contributed by atoms with E-state index >= 15 is 0 Å². The van der Waals surface area contributed by atoms with Crippen LogP contribution in [0.2, 0.25) is 0 Å². The van der Waals surface area contributed by atoms with Gasteiger partial charge in [0.1, 0.15) is 6.04 Å². The first-order chi connectivity index (χ1) is 11.8. The predicted molar refractivity (Wildman–Crippen MR) is 81.9 cm³/mol. The Bertz CT molecular complexity index is 649.